The monoisotopic (exact) mass is 295 g/mol. The van der Waals surface area contributed by atoms with E-state index in [9.17, 15) is 13.2 Å². The molecule has 0 spiro atoms. The van der Waals surface area contributed by atoms with Crippen LogP contribution in [0.5, 0.6) is 5.75 Å². The van der Waals surface area contributed by atoms with E-state index in [4.69, 9.17) is 0 Å². The topological polar surface area (TPSA) is 21.3 Å². The minimum atomic E-state index is -4.70. The molecule has 0 aliphatic carbocycles. The number of para-hydroxylation sites is 2. The average molecular weight is 295 g/mol. The van der Waals surface area contributed by atoms with E-state index in [1.54, 1.807) is 12.1 Å². The van der Waals surface area contributed by atoms with Gasteiger partial charge in [0.2, 0.25) is 0 Å². The van der Waals surface area contributed by atoms with Gasteiger partial charge in [-0.05, 0) is 31.5 Å². The van der Waals surface area contributed by atoms with Crippen molar-refractivity contribution in [2.24, 2.45) is 0 Å². The fourth-order valence-corrected chi connectivity index (χ4v) is 2.06. The largest absolute Gasteiger partial charge is 0.573 e. The third-order valence-electron chi connectivity index (χ3n) is 3.03. The van der Waals surface area contributed by atoms with Gasteiger partial charge in [-0.15, -0.1) is 13.2 Å². The van der Waals surface area contributed by atoms with E-state index in [-0.39, 0.29) is 11.8 Å². The maximum Gasteiger partial charge on any atom is 0.573 e. The van der Waals surface area contributed by atoms with Crippen molar-refractivity contribution in [3.8, 4) is 5.75 Å². The highest BCUT2D eigenvalue weighted by Crippen LogP contribution is 2.32. The highest BCUT2D eigenvalue weighted by molar-refractivity contribution is 5.57. The normalized spacial score (nSPS) is 12.8. The van der Waals surface area contributed by atoms with Gasteiger partial charge < -0.3 is 10.1 Å². The number of ether oxygens (including phenoxy) is 1. The summed E-state index contributed by atoms with van der Waals surface area (Å²) < 4.78 is 41.2. The van der Waals surface area contributed by atoms with Crippen molar-refractivity contribution in [2.45, 2.75) is 26.3 Å². The first-order valence-electron chi connectivity index (χ1n) is 6.53. The molecule has 112 valence electrons. The van der Waals surface area contributed by atoms with Gasteiger partial charge in [0.15, 0.2) is 5.75 Å². The molecule has 0 bridgehead atoms. The van der Waals surface area contributed by atoms with Crippen molar-refractivity contribution in [1.29, 1.82) is 0 Å². The van der Waals surface area contributed by atoms with Gasteiger partial charge in [-0.1, -0.05) is 42.0 Å². The second-order valence-corrected chi connectivity index (χ2v) is 4.82. The van der Waals surface area contributed by atoms with Gasteiger partial charge in [0.05, 0.1) is 5.69 Å². The van der Waals surface area contributed by atoms with Crippen LogP contribution in [0.1, 0.15) is 24.1 Å². The highest BCUT2D eigenvalue weighted by Gasteiger charge is 2.32. The first-order valence-corrected chi connectivity index (χ1v) is 6.53. The smallest absolute Gasteiger partial charge is 0.404 e. The van der Waals surface area contributed by atoms with E-state index < -0.39 is 6.36 Å². The van der Waals surface area contributed by atoms with Crippen LogP contribution in [-0.2, 0) is 0 Å². The number of anilines is 1. The second kappa shape index (κ2) is 6.08. The number of rotatable bonds is 4. The van der Waals surface area contributed by atoms with Crippen molar-refractivity contribution in [1.82, 2.24) is 0 Å². The van der Waals surface area contributed by atoms with Gasteiger partial charge in [0.1, 0.15) is 0 Å². The molecule has 0 saturated carbocycles. The second-order valence-electron chi connectivity index (χ2n) is 4.82. The lowest BCUT2D eigenvalue weighted by Crippen LogP contribution is -2.18. The Morgan fingerprint density at radius 3 is 2.43 bits per heavy atom. The Labute approximate surface area is 121 Å². The lowest BCUT2D eigenvalue weighted by atomic mass is 10.1. The first-order chi connectivity index (χ1) is 9.85. The molecular weight excluding hydrogens is 279 g/mol. The van der Waals surface area contributed by atoms with Crippen molar-refractivity contribution >= 4 is 5.69 Å². The number of hydrogen-bond donors (Lipinski definition) is 1. The van der Waals surface area contributed by atoms with Crippen molar-refractivity contribution in [2.75, 3.05) is 5.32 Å². The van der Waals surface area contributed by atoms with Crippen molar-refractivity contribution in [3.05, 3.63) is 59.7 Å². The average Bonchev–Trinajstić information content (AvgIpc) is 2.39. The zero-order valence-electron chi connectivity index (χ0n) is 11.7. The summed E-state index contributed by atoms with van der Waals surface area (Å²) in [5.41, 5.74) is 2.40. The Bertz CT molecular complexity index is 610. The maximum atomic E-state index is 12.4. The molecule has 1 atom stereocenters. The molecule has 0 heterocycles. The zero-order valence-corrected chi connectivity index (χ0v) is 11.7. The molecule has 0 fully saturated rings. The lowest BCUT2D eigenvalue weighted by molar-refractivity contribution is -0.274. The molecular formula is C16H16F3NO. The summed E-state index contributed by atoms with van der Waals surface area (Å²) in [6.07, 6.45) is -4.70. The van der Waals surface area contributed by atoms with E-state index >= 15 is 0 Å². The molecule has 2 aromatic rings. The van der Waals surface area contributed by atoms with Gasteiger partial charge in [0, 0.05) is 6.04 Å². The number of halogens is 3. The molecule has 1 N–H and O–H groups in total. The molecule has 5 heteroatoms. The Morgan fingerprint density at radius 2 is 1.76 bits per heavy atom. The van der Waals surface area contributed by atoms with E-state index in [2.05, 4.69) is 10.1 Å². The van der Waals surface area contributed by atoms with Gasteiger partial charge in [-0.25, -0.2) is 0 Å². The summed E-state index contributed by atoms with van der Waals surface area (Å²) in [4.78, 5) is 0. The van der Waals surface area contributed by atoms with E-state index in [1.807, 2.05) is 38.1 Å². The fourth-order valence-electron chi connectivity index (χ4n) is 2.06. The molecule has 0 radical (unpaired) electrons. The standard InChI is InChI=1S/C16H16F3NO/c1-11-6-5-7-13(10-11)12(2)20-14-8-3-4-9-15(14)21-16(17,18)19/h3-10,12,20H,1-2H3. The SMILES string of the molecule is Cc1cccc(C(C)Nc2ccccc2OC(F)(F)F)c1. The van der Waals surface area contributed by atoms with Crippen LogP contribution in [-0.4, -0.2) is 6.36 Å². The summed E-state index contributed by atoms with van der Waals surface area (Å²) in [6.45, 7) is 3.86. The van der Waals surface area contributed by atoms with Crippen LogP contribution in [0.2, 0.25) is 0 Å². The molecule has 21 heavy (non-hydrogen) atoms. The van der Waals surface area contributed by atoms with Crippen LogP contribution in [0.4, 0.5) is 18.9 Å². The summed E-state index contributed by atoms with van der Waals surface area (Å²) in [7, 11) is 0. The number of alkyl halides is 3. The van der Waals surface area contributed by atoms with Gasteiger partial charge in [-0.2, -0.15) is 0 Å². The lowest BCUT2D eigenvalue weighted by Gasteiger charge is -2.19. The number of benzene rings is 2. The molecule has 0 amide bonds. The zero-order chi connectivity index (χ0) is 15.5. The number of nitrogens with one attached hydrogen (secondary N) is 1. The molecule has 0 saturated heterocycles. The first kappa shape index (κ1) is 15.2. The molecule has 2 nitrogen and oxygen atoms in total. The molecule has 2 aromatic carbocycles. The van der Waals surface area contributed by atoms with Gasteiger partial charge in [0.25, 0.3) is 0 Å². The van der Waals surface area contributed by atoms with E-state index in [1.165, 1.54) is 12.1 Å². The van der Waals surface area contributed by atoms with Crippen molar-refractivity contribution in [3.63, 3.8) is 0 Å². The maximum absolute atomic E-state index is 12.4. The predicted octanol–water partition coefficient (Wildman–Crippen LogP) is 5.07. The Kier molecular flexibility index (Phi) is 4.40. The van der Waals surface area contributed by atoms with Crippen LogP contribution >= 0.6 is 0 Å². The predicted molar refractivity (Wildman–Crippen MR) is 76.3 cm³/mol. The third kappa shape index (κ3) is 4.41. The van der Waals surface area contributed by atoms with E-state index in [0.29, 0.717) is 5.69 Å². The van der Waals surface area contributed by atoms with Gasteiger partial charge >= 0.3 is 6.36 Å². The minimum absolute atomic E-state index is 0.136. The molecule has 0 aliphatic heterocycles. The van der Waals surface area contributed by atoms with Crippen LogP contribution in [0.25, 0.3) is 0 Å². The van der Waals surface area contributed by atoms with Crippen LogP contribution in [0, 0.1) is 6.92 Å². The van der Waals surface area contributed by atoms with Crippen LogP contribution < -0.4 is 10.1 Å². The van der Waals surface area contributed by atoms with Crippen LogP contribution in [0.15, 0.2) is 48.5 Å². The molecule has 1 unspecified atom stereocenters. The summed E-state index contributed by atoms with van der Waals surface area (Å²) in [5.74, 6) is -0.232. The Balaban J connectivity index is 2.19. The van der Waals surface area contributed by atoms with E-state index in [0.717, 1.165) is 11.1 Å². The minimum Gasteiger partial charge on any atom is -0.404 e. The van der Waals surface area contributed by atoms with Crippen LogP contribution in [0.3, 0.4) is 0 Å². The highest BCUT2D eigenvalue weighted by atomic mass is 19.4. The Morgan fingerprint density at radius 1 is 1.05 bits per heavy atom. The van der Waals surface area contributed by atoms with Gasteiger partial charge in [-0.3, -0.25) is 0 Å². The molecule has 0 aliphatic rings. The molecule has 2 rings (SSSR count). The fraction of sp³-hybridized carbons (Fsp3) is 0.250. The third-order valence-corrected chi connectivity index (χ3v) is 3.03. The Hall–Kier alpha value is -2.17. The quantitative estimate of drug-likeness (QED) is 0.850. The number of hydrogen-bond acceptors (Lipinski definition) is 2. The summed E-state index contributed by atoms with van der Waals surface area (Å²) >= 11 is 0. The molecule has 0 aromatic heterocycles. The summed E-state index contributed by atoms with van der Waals surface area (Å²) in [5, 5.41) is 3.05. The number of aryl methyl sites for hydroxylation is 1. The van der Waals surface area contributed by atoms with Crippen molar-refractivity contribution < 1.29 is 17.9 Å². The summed E-state index contributed by atoms with van der Waals surface area (Å²) in [6, 6.07) is 13.7.